The van der Waals surface area contributed by atoms with Crippen LogP contribution in [-0.2, 0) is 96.6 Å². The zero-order valence-electron chi connectivity index (χ0n) is 12.3. The second kappa shape index (κ2) is 132. The van der Waals surface area contributed by atoms with Crippen molar-refractivity contribution < 1.29 is 97.7 Å². The van der Waals surface area contributed by atoms with Crippen LogP contribution in [0, 0.1) is 53.2 Å². The van der Waals surface area contributed by atoms with E-state index in [1.165, 1.54) is 25.3 Å². The zero-order valence-corrected chi connectivity index (χ0v) is 16.7. The SMILES string of the molecule is FC(F)(F)[SH2+].FC(F)(F)[SH2+].[C-]#[O+].[C-]#[O+].[C-]#[O+].[C-]#[O+].[C-]#[O+].[C-]#[O+].[C-]#[O+].[C-]#[O+].[Mn].[Mn]. The summed E-state index contributed by atoms with van der Waals surface area (Å²) in [4.78, 5) is 0. The van der Waals surface area contributed by atoms with Crippen LogP contribution in [0.25, 0.3) is 0 Å². The molecule has 0 aliphatic rings. The maximum absolute atomic E-state index is 10.3. The second-order valence-electron chi connectivity index (χ2n) is 0.996. The van der Waals surface area contributed by atoms with Gasteiger partial charge < -0.3 is 0 Å². The van der Waals surface area contributed by atoms with Crippen molar-refractivity contribution in [3.8, 4) is 0 Å². The van der Waals surface area contributed by atoms with Crippen LogP contribution in [0.15, 0.2) is 0 Å². The Balaban J connectivity index is -0.0000000105. The fourth-order valence-electron chi connectivity index (χ4n) is 0. The summed E-state index contributed by atoms with van der Waals surface area (Å²) in [6.07, 6.45) is 0. The van der Waals surface area contributed by atoms with Crippen LogP contribution in [-0.4, -0.2) is 11.0 Å². The molecule has 0 saturated heterocycles. The predicted octanol–water partition coefficient (Wildman–Crippen LogP) is 0.730. The summed E-state index contributed by atoms with van der Waals surface area (Å²) in [6, 6.07) is 0. The number of alkyl halides is 6. The van der Waals surface area contributed by atoms with Crippen LogP contribution in [0.3, 0.4) is 0 Å². The van der Waals surface area contributed by atoms with Gasteiger partial charge in [-0.05, 0) is 0 Å². The Kier molecular flexibility index (Phi) is 382. The molecule has 0 unspecified atom stereocenters. The van der Waals surface area contributed by atoms with Gasteiger partial charge >= 0.3 is 101 Å². The molecular formula is C10H4F6Mn2O8S2+2. The topological polar surface area (TPSA) is 159 Å². The molecule has 8 nitrogen and oxygen atoms in total. The first kappa shape index (κ1) is 80.8. The first-order valence-electron chi connectivity index (χ1n) is 3.27. The van der Waals surface area contributed by atoms with Crippen molar-refractivity contribution in [2.45, 2.75) is 11.0 Å². The molecule has 0 rings (SSSR count). The molecule has 0 N–H and O–H groups in total. The Bertz CT molecular complexity index is 277. The van der Waals surface area contributed by atoms with E-state index in [0.717, 1.165) is 0 Å². The molecular weight excluding hydrogens is 536 g/mol. The molecule has 2 radical (unpaired) electrons. The Hall–Kier alpha value is -0.761. The fraction of sp³-hybridized carbons (Fsp3) is 0.200. The van der Waals surface area contributed by atoms with Gasteiger partial charge in [0.2, 0.25) is 0 Å². The standard InChI is InChI=1S/2CHF3S.8CO.2Mn/c2*2-1(3,4)5;8*1-2;;/h2*5H;;;;;;;;;;/p+2. The van der Waals surface area contributed by atoms with Crippen molar-refractivity contribution in [3.63, 3.8) is 0 Å². The Morgan fingerprint density at radius 1 is 0.357 bits per heavy atom. The second-order valence-corrected chi connectivity index (χ2v) is 2.13. The van der Waals surface area contributed by atoms with Gasteiger partial charge in [0.25, 0.3) is 0 Å². The molecule has 158 valence electrons. The van der Waals surface area contributed by atoms with Crippen LogP contribution in [0.4, 0.5) is 26.3 Å². The Morgan fingerprint density at radius 3 is 0.357 bits per heavy atom. The van der Waals surface area contributed by atoms with E-state index in [9.17, 15) is 26.3 Å². The first-order valence-corrected chi connectivity index (χ1v) is 4.27. The largest absolute Gasteiger partial charge is 0 e. The van der Waals surface area contributed by atoms with E-state index >= 15 is 0 Å². The molecule has 0 fully saturated rings. The van der Waals surface area contributed by atoms with Gasteiger partial charge in [0, 0.05) is 34.1 Å². The minimum absolute atomic E-state index is 0. The monoisotopic (exact) mass is 540 g/mol. The normalized spacial score (nSPS) is 4.86. The van der Waals surface area contributed by atoms with E-state index < -0.39 is 11.0 Å². The van der Waals surface area contributed by atoms with Gasteiger partial charge in [-0.3, -0.25) is 0 Å². The zero-order chi connectivity index (χ0) is 25.0. The van der Waals surface area contributed by atoms with Crippen molar-refractivity contribution in [2.24, 2.45) is 0 Å². The van der Waals surface area contributed by atoms with Gasteiger partial charge in [0.1, 0.15) is 0 Å². The molecule has 0 aliphatic carbocycles. The molecule has 28 heavy (non-hydrogen) atoms. The van der Waals surface area contributed by atoms with Crippen LogP contribution in [0.1, 0.15) is 0 Å². The minimum atomic E-state index is -4.19. The van der Waals surface area contributed by atoms with Gasteiger partial charge in [-0.25, -0.2) is 0 Å². The summed E-state index contributed by atoms with van der Waals surface area (Å²) in [5.41, 5.74) is -8.39. The summed E-state index contributed by atoms with van der Waals surface area (Å²) in [6.45, 7) is 36.0. The molecule has 0 aliphatic heterocycles. The molecule has 0 aromatic rings. The maximum Gasteiger partial charge on any atom is 0 e. The smallest absolute Gasteiger partial charge is 0 e. The van der Waals surface area contributed by atoms with Gasteiger partial charge in [-0.2, -0.15) is 0 Å². The molecule has 0 aromatic heterocycles. The predicted molar refractivity (Wildman–Crippen MR) is 63.9 cm³/mol. The summed E-state index contributed by atoms with van der Waals surface area (Å²) in [5.74, 6) is 0. The van der Waals surface area contributed by atoms with Crippen molar-refractivity contribution >= 4 is 25.3 Å². The molecule has 0 heterocycles. The molecule has 0 aromatic carbocycles. The van der Waals surface area contributed by atoms with E-state index in [2.05, 4.69) is 53.2 Å². The van der Waals surface area contributed by atoms with Crippen molar-refractivity contribution in [3.05, 3.63) is 53.2 Å². The number of hydrogen-bond donors (Lipinski definition) is 0. The Labute approximate surface area is 187 Å². The van der Waals surface area contributed by atoms with Gasteiger partial charge in [0.05, 0.1) is 25.3 Å². The van der Waals surface area contributed by atoms with Crippen molar-refractivity contribution in [2.75, 3.05) is 0 Å². The number of hydrogen-bond acceptors (Lipinski definition) is 0. The van der Waals surface area contributed by atoms with E-state index in [4.69, 9.17) is 37.2 Å². The van der Waals surface area contributed by atoms with Crippen LogP contribution >= 0.6 is 0 Å². The molecule has 0 atom stereocenters. The molecule has 0 saturated carbocycles. The van der Waals surface area contributed by atoms with Crippen molar-refractivity contribution in [1.82, 2.24) is 0 Å². The van der Waals surface area contributed by atoms with Gasteiger partial charge in [-0.1, -0.05) is 0 Å². The van der Waals surface area contributed by atoms with E-state index in [0.29, 0.717) is 0 Å². The van der Waals surface area contributed by atoms with Crippen LogP contribution < -0.4 is 0 Å². The molecule has 0 spiro atoms. The van der Waals surface area contributed by atoms with Crippen molar-refractivity contribution in [1.29, 1.82) is 0 Å². The summed E-state index contributed by atoms with van der Waals surface area (Å²) in [7, 11) is 0. The molecule has 0 bridgehead atoms. The van der Waals surface area contributed by atoms with Gasteiger partial charge in [0.15, 0.2) is 0 Å². The van der Waals surface area contributed by atoms with E-state index in [-0.39, 0.29) is 34.1 Å². The van der Waals surface area contributed by atoms with Crippen LogP contribution in [0.5, 0.6) is 0 Å². The van der Waals surface area contributed by atoms with E-state index in [1.54, 1.807) is 0 Å². The van der Waals surface area contributed by atoms with Crippen LogP contribution in [0.2, 0.25) is 0 Å². The Morgan fingerprint density at radius 2 is 0.357 bits per heavy atom. The first-order chi connectivity index (χ1) is 12.0. The summed E-state index contributed by atoms with van der Waals surface area (Å²) >= 11 is 2.84. The van der Waals surface area contributed by atoms with Gasteiger partial charge in [-0.15, -0.1) is 26.3 Å². The van der Waals surface area contributed by atoms with E-state index in [1.807, 2.05) is 0 Å². The maximum atomic E-state index is 10.3. The average molecular weight is 540 g/mol. The average Bonchev–Trinajstić information content (AvgIpc) is 2.65. The quantitative estimate of drug-likeness (QED) is 0.184. The summed E-state index contributed by atoms with van der Waals surface area (Å²) < 4.78 is 122. The number of halogens is 6. The minimum Gasteiger partial charge on any atom is 0 e. The molecule has 0 amide bonds. The third-order valence-electron chi connectivity index (χ3n) is 0. The molecule has 18 heteroatoms. The third kappa shape index (κ3) is 25600. The third-order valence-corrected chi connectivity index (χ3v) is 0. The summed E-state index contributed by atoms with van der Waals surface area (Å²) in [5, 5.41) is 0. The number of rotatable bonds is 0. The fourth-order valence-corrected chi connectivity index (χ4v) is 0.